The highest BCUT2D eigenvalue weighted by Crippen LogP contribution is 2.27. The molecule has 0 saturated heterocycles. The van der Waals surface area contributed by atoms with Gasteiger partial charge in [0.1, 0.15) is 17.6 Å². The fraction of sp³-hybridized carbons (Fsp3) is 0.211. The number of ether oxygens (including phenoxy) is 2. The van der Waals surface area contributed by atoms with Gasteiger partial charge in [-0.3, -0.25) is 14.5 Å². The number of hydrogen-bond acceptors (Lipinski definition) is 7. The molecule has 0 radical (unpaired) electrons. The van der Waals surface area contributed by atoms with E-state index in [1.807, 2.05) is 0 Å². The van der Waals surface area contributed by atoms with Gasteiger partial charge in [-0.2, -0.15) is 0 Å². The largest absolute Gasteiger partial charge is 0.495 e. The van der Waals surface area contributed by atoms with Crippen LogP contribution in [0.2, 0.25) is 5.02 Å². The lowest BCUT2D eigenvalue weighted by atomic mass is 10.2. The SMILES string of the molecule is COc1ccc(Cl)cc1NC(=O)COC(=O)[C@H](C)N=C1NS(=O)(=O)c2ccccc21. The van der Waals surface area contributed by atoms with Crippen molar-refractivity contribution in [2.24, 2.45) is 4.99 Å². The van der Waals surface area contributed by atoms with Gasteiger partial charge in [0, 0.05) is 10.6 Å². The molecule has 0 bridgehead atoms. The molecule has 0 aromatic heterocycles. The molecule has 30 heavy (non-hydrogen) atoms. The fourth-order valence-corrected chi connectivity index (χ4v) is 4.11. The number of benzene rings is 2. The lowest BCUT2D eigenvalue weighted by Gasteiger charge is -2.12. The number of hydrogen-bond donors (Lipinski definition) is 2. The minimum absolute atomic E-state index is 0.0446. The molecule has 1 aliphatic heterocycles. The molecule has 1 amide bonds. The maximum Gasteiger partial charge on any atom is 0.331 e. The van der Waals surface area contributed by atoms with E-state index in [-0.39, 0.29) is 10.7 Å². The van der Waals surface area contributed by atoms with E-state index in [4.69, 9.17) is 21.1 Å². The van der Waals surface area contributed by atoms with Crippen molar-refractivity contribution in [3.8, 4) is 5.75 Å². The lowest BCUT2D eigenvalue weighted by Crippen LogP contribution is -2.28. The Hall–Kier alpha value is -3.11. The highest BCUT2D eigenvalue weighted by molar-refractivity contribution is 7.90. The molecule has 158 valence electrons. The normalized spacial score (nSPS) is 16.3. The zero-order chi connectivity index (χ0) is 21.9. The van der Waals surface area contributed by atoms with Crippen LogP contribution < -0.4 is 14.8 Å². The molecule has 2 N–H and O–H groups in total. The van der Waals surface area contributed by atoms with Crippen LogP contribution in [0.25, 0.3) is 0 Å². The second-order valence-electron chi connectivity index (χ2n) is 6.26. The van der Waals surface area contributed by atoms with Gasteiger partial charge in [0.15, 0.2) is 6.61 Å². The number of amidine groups is 1. The van der Waals surface area contributed by atoms with Crippen molar-refractivity contribution in [1.82, 2.24) is 4.72 Å². The van der Waals surface area contributed by atoms with Gasteiger partial charge < -0.3 is 14.8 Å². The summed E-state index contributed by atoms with van der Waals surface area (Å²) in [4.78, 5) is 28.5. The number of rotatable bonds is 6. The maximum atomic E-state index is 12.2. The van der Waals surface area contributed by atoms with Crippen LogP contribution in [-0.4, -0.2) is 45.9 Å². The van der Waals surface area contributed by atoms with Crippen molar-refractivity contribution < 1.29 is 27.5 Å². The molecule has 2 aromatic carbocycles. The quantitative estimate of drug-likeness (QED) is 0.647. The summed E-state index contributed by atoms with van der Waals surface area (Å²) in [5.74, 6) is -0.954. The Morgan fingerprint density at radius 1 is 1.23 bits per heavy atom. The molecule has 2 aromatic rings. The molecule has 0 spiro atoms. The summed E-state index contributed by atoms with van der Waals surface area (Å²) in [6.07, 6.45) is 0. The Morgan fingerprint density at radius 2 is 1.97 bits per heavy atom. The van der Waals surface area contributed by atoms with Crippen molar-refractivity contribution in [3.05, 3.63) is 53.1 Å². The van der Waals surface area contributed by atoms with E-state index < -0.39 is 34.5 Å². The molecule has 9 nitrogen and oxygen atoms in total. The number of carbonyl (C=O) groups is 2. The van der Waals surface area contributed by atoms with E-state index in [0.29, 0.717) is 22.0 Å². The average Bonchev–Trinajstić information content (AvgIpc) is 2.96. The van der Waals surface area contributed by atoms with E-state index in [2.05, 4.69) is 15.0 Å². The van der Waals surface area contributed by atoms with Crippen LogP contribution in [-0.2, 0) is 24.3 Å². The maximum absolute atomic E-state index is 12.2. The van der Waals surface area contributed by atoms with Gasteiger partial charge in [-0.1, -0.05) is 23.7 Å². The van der Waals surface area contributed by atoms with Gasteiger partial charge >= 0.3 is 5.97 Å². The molecule has 1 atom stereocenters. The summed E-state index contributed by atoms with van der Waals surface area (Å²) < 4.78 is 36.6. The predicted octanol–water partition coefficient (Wildman–Crippen LogP) is 1.96. The van der Waals surface area contributed by atoms with Crippen LogP contribution >= 0.6 is 11.6 Å². The third-order valence-corrected chi connectivity index (χ3v) is 5.74. The number of methoxy groups -OCH3 is 1. The first-order chi connectivity index (χ1) is 14.2. The zero-order valence-electron chi connectivity index (χ0n) is 16.0. The summed E-state index contributed by atoms with van der Waals surface area (Å²) in [7, 11) is -2.28. The molecule has 0 aliphatic carbocycles. The Labute approximate surface area is 178 Å². The highest BCUT2D eigenvalue weighted by atomic mass is 35.5. The molecule has 11 heteroatoms. The first-order valence-electron chi connectivity index (χ1n) is 8.71. The van der Waals surface area contributed by atoms with Crippen molar-refractivity contribution in [3.63, 3.8) is 0 Å². The summed E-state index contributed by atoms with van der Waals surface area (Å²) in [5, 5.41) is 2.94. The van der Waals surface area contributed by atoms with Gasteiger partial charge in [0.05, 0.1) is 17.7 Å². The number of nitrogens with one attached hydrogen (secondary N) is 2. The first kappa shape index (κ1) is 21.6. The Bertz CT molecular complexity index is 1130. The van der Waals surface area contributed by atoms with Crippen LogP contribution in [0.5, 0.6) is 5.75 Å². The molecule has 0 fully saturated rings. The zero-order valence-corrected chi connectivity index (χ0v) is 17.6. The smallest absolute Gasteiger partial charge is 0.331 e. The number of amides is 1. The van der Waals surface area contributed by atoms with Gasteiger partial charge in [-0.05, 0) is 37.3 Å². The van der Waals surface area contributed by atoms with Crippen molar-refractivity contribution in [2.75, 3.05) is 19.0 Å². The number of sulfonamides is 1. The van der Waals surface area contributed by atoms with Gasteiger partial charge in [0.2, 0.25) is 0 Å². The first-order valence-corrected chi connectivity index (χ1v) is 10.6. The molecule has 1 heterocycles. The summed E-state index contributed by atoms with van der Waals surface area (Å²) in [5.41, 5.74) is 0.694. The predicted molar refractivity (Wildman–Crippen MR) is 110 cm³/mol. The Kier molecular flexibility index (Phi) is 6.28. The van der Waals surface area contributed by atoms with Crippen LogP contribution in [0.15, 0.2) is 52.4 Å². The van der Waals surface area contributed by atoms with Crippen molar-refractivity contribution in [2.45, 2.75) is 17.9 Å². The monoisotopic (exact) mass is 451 g/mol. The topological polar surface area (TPSA) is 123 Å². The average molecular weight is 452 g/mol. The Morgan fingerprint density at radius 3 is 2.70 bits per heavy atom. The molecular formula is C19H18ClN3O6S. The summed E-state index contributed by atoms with van der Waals surface area (Å²) >= 11 is 5.91. The van der Waals surface area contributed by atoms with E-state index in [0.717, 1.165) is 0 Å². The second-order valence-corrected chi connectivity index (χ2v) is 8.34. The molecule has 0 unspecified atom stereocenters. The number of fused-ring (bicyclic) bond motifs is 1. The molecule has 3 rings (SSSR count). The lowest BCUT2D eigenvalue weighted by molar-refractivity contribution is -0.148. The fourth-order valence-electron chi connectivity index (χ4n) is 2.70. The molecule has 0 saturated carbocycles. The van der Waals surface area contributed by atoms with Gasteiger partial charge in [0.25, 0.3) is 15.9 Å². The van der Waals surface area contributed by atoms with Crippen molar-refractivity contribution in [1.29, 1.82) is 0 Å². The van der Waals surface area contributed by atoms with E-state index in [1.165, 1.54) is 26.2 Å². The number of aliphatic imine (C=N–C) groups is 1. The van der Waals surface area contributed by atoms with E-state index >= 15 is 0 Å². The number of nitrogens with zero attached hydrogens (tertiary/aromatic N) is 1. The third kappa shape index (κ3) is 4.71. The van der Waals surface area contributed by atoms with Crippen molar-refractivity contribution >= 4 is 45.0 Å². The number of halogens is 1. The van der Waals surface area contributed by atoms with E-state index in [1.54, 1.807) is 30.3 Å². The number of anilines is 1. The number of esters is 1. The van der Waals surface area contributed by atoms with Crippen LogP contribution in [0, 0.1) is 0 Å². The van der Waals surface area contributed by atoms with Gasteiger partial charge in [-0.15, -0.1) is 0 Å². The third-order valence-electron chi connectivity index (χ3n) is 4.11. The van der Waals surface area contributed by atoms with Crippen LogP contribution in [0.1, 0.15) is 12.5 Å². The highest BCUT2D eigenvalue weighted by Gasteiger charge is 2.31. The standard InChI is InChI=1S/C19H18ClN3O6S/c1-11(21-18-13-5-3-4-6-16(13)30(26,27)23-18)19(25)29-10-17(24)22-14-9-12(20)7-8-15(14)28-2/h3-9,11H,10H2,1-2H3,(H,21,23)(H,22,24)/t11-/m0/s1. The second kappa shape index (κ2) is 8.72. The van der Waals surface area contributed by atoms with Gasteiger partial charge in [-0.25, -0.2) is 13.2 Å². The summed E-state index contributed by atoms with van der Waals surface area (Å²) in [6.45, 7) is 0.870. The minimum Gasteiger partial charge on any atom is -0.495 e. The molecule has 1 aliphatic rings. The van der Waals surface area contributed by atoms with Crippen LogP contribution in [0.4, 0.5) is 5.69 Å². The molecular weight excluding hydrogens is 434 g/mol. The van der Waals surface area contributed by atoms with Crippen LogP contribution in [0.3, 0.4) is 0 Å². The summed E-state index contributed by atoms with van der Waals surface area (Å²) in [6, 6.07) is 9.92. The minimum atomic E-state index is -3.72. The number of carbonyl (C=O) groups excluding carboxylic acids is 2. The Balaban J connectivity index is 1.63. The van der Waals surface area contributed by atoms with E-state index in [9.17, 15) is 18.0 Å².